The van der Waals surface area contributed by atoms with Crippen LogP contribution in [0.15, 0.2) is 0 Å². The van der Waals surface area contributed by atoms with E-state index >= 15 is 0 Å². The molecule has 0 atom stereocenters. The molecule has 2 heterocycles. The number of hydrogen-bond acceptors (Lipinski definition) is 2. The number of urea groups is 1. The van der Waals surface area contributed by atoms with Crippen LogP contribution in [0, 0.1) is 11.3 Å². The second-order valence-electron chi connectivity index (χ2n) is 6.42. The first-order chi connectivity index (χ1) is 9.10. The topological polar surface area (TPSA) is 60.9 Å². The Balaban J connectivity index is 1.49. The average Bonchev–Trinajstić information content (AvgIpc) is 2.76. The fraction of sp³-hybridized carbons (Fsp3) is 0.857. The first-order valence-corrected chi connectivity index (χ1v) is 7.36. The van der Waals surface area contributed by atoms with E-state index in [-0.39, 0.29) is 11.9 Å². The van der Waals surface area contributed by atoms with E-state index in [1.807, 2.05) is 4.90 Å². The lowest BCUT2D eigenvalue weighted by molar-refractivity contribution is -0.146. The lowest BCUT2D eigenvalue weighted by atomic mass is 9.77. The Morgan fingerprint density at radius 1 is 0.947 bits per heavy atom. The summed E-state index contributed by atoms with van der Waals surface area (Å²) in [6, 6.07) is 0.0466. The first-order valence-electron chi connectivity index (χ1n) is 7.36. The van der Waals surface area contributed by atoms with Crippen molar-refractivity contribution in [3.63, 3.8) is 0 Å². The third kappa shape index (κ3) is 2.30. The number of amides is 2. The molecule has 0 aromatic carbocycles. The van der Waals surface area contributed by atoms with Crippen LogP contribution in [0.4, 0.5) is 4.79 Å². The maximum absolute atomic E-state index is 12.2. The molecule has 0 aromatic heterocycles. The number of carbonyl (C=O) groups is 2. The van der Waals surface area contributed by atoms with Crippen molar-refractivity contribution in [2.75, 3.05) is 26.2 Å². The number of rotatable bonds is 1. The Bertz CT molecular complexity index is 374. The van der Waals surface area contributed by atoms with Crippen LogP contribution in [0.1, 0.15) is 38.5 Å². The number of carboxylic acid groups (broad SMARTS) is 1. The van der Waals surface area contributed by atoms with Crippen molar-refractivity contribution in [1.82, 2.24) is 9.80 Å². The van der Waals surface area contributed by atoms with Crippen LogP contribution in [0.2, 0.25) is 0 Å². The second kappa shape index (κ2) is 4.69. The molecular formula is C14H22N2O3. The fourth-order valence-corrected chi connectivity index (χ4v) is 3.79. The van der Waals surface area contributed by atoms with Gasteiger partial charge in [0.2, 0.25) is 0 Å². The van der Waals surface area contributed by atoms with Crippen molar-refractivity contribution in [3.05, 3.63) is 0 Å². The number of carboxylic acids is 1. The molecule has 1 spiro atoms. The van der Waals surface area contributed by atoms with Gasteiger partial charge in [0.1, 0.15) is 0 Å². The number of aliphatic carboxylic acids is 1. The number of hydrogen-bond donors (Lipinski definition) is 1. The van der Waals surface area contributed by atoms with Gasteiger partial charge in [-0.1, -0.05) is 12.8 Å². The predicted octanol–water partition coefficient (Wildman–Crippen LogP) is 1.78. The standard InChI is InChI=1S/C14H22N2O3/c17-12(18)11-9-16(10-11)13(19)15-7-5-14(6-8-15)3-1-2-4-14/h11H,1-10H2,(H,17,18). The molecule has 1 aliphatic carbocycles. The van der Waals surface area contributed by atoms with Gasteiger partial charge in [-0.15, -0.1) is 0 Å². The molecule has 19 heavy (non-hydrogen) atoms. The van der Waals surface area contributed by atoms with E-state index < -0.39 is 5.97 Å². The lowest BCUT2D eigenvalue weighted by Gasteiger charge is -2.44. The largest absolute Gasteiger partial charge is 0.481 e. The van der Waals surface area contributed by atoms with Gasteiger partial charge in [-0.05, 0) is 31.1 Å². The summed E-state index contributed by atoms with van der Waals surface area (Å²) in [6.45, 7) is 2.48. The third-order valence-electron chi connectivity index (χ3n) is 5.26. The SMILES string of the molecule is O=C(O)C1CN(C(=O)N2CCC3(CCCC3)CC2)C1. The summed E-state index contributed by atoms with van der Waals surface area (Å²) in [5.74, 6) is -1.14. The van der Waals surface area contributed by atoms with Crippen LogP contribution in [0.5, 0.6) is 0 Å². The molecule has 3 rings (SSSR count). The van der Waals surface area contributed by atoms with Gasteiger partial charge in [0.15, 0.2) is 0 Å². The molecule has 0 bridgehead atoms. The molecule has 1 saturated carbocycles. The van der Waals surface area contributed by atoms with Crippen molar-refractivity contribution >= 4 is 12.0 Å². The van der Waals surface area contributed by atoms with Crippen LogP contribution in [-0.2, 0) is 4.79 Å². The Hall–Kier alpha value is -1.26. The molecule has 0 radical (unpaired) electrons. The van der Waals surface area contributed by atoms with E-state index in [9.17, 15) is 9.59 Å². The normalized spacial score (nSPS) is 26.5. The molecule has 0 aromatic rings. The van der Waals surface area contributed by atoms with Gasteiger partial charge in [0.05, 0.1) is 5.92 Å². The van der Waals surface area contributed by atoms with E-state index in [4.69, 9.17) is 5.11 Å². The number of carbonyl (C=O) groups excluding carboxylic acids is 1. The van der Waals surface area contributed by atoms with Crippen molar-refractivity contribution in [3.8, 4) is 0 Å². The van der Waals surface area contributed by atoms with Crippen LogP contribution in [-0.4, -0.2) is 53.1 Å². The number of piperidine rings is 1. The van der Waals surface area contributed by atoms with Crippen molar-refractivity contribution in [2.45, 2.75) is 38.5 Å². The average molecular weight is 266 g/mol. The van der Waals surface area contributed by atoms with Gasteiger partial charge in [0, 0.05) is 26.2 Å². The highest BCUT2D eigenvalue weighted by Gasteiger charge is 2.41. The summed E-state index contributed by atoms with van der Waals surface area (Å²) in [6.07, 6.45) is 7.63. The quantitative estimate of drug-likeness (QED) is 0.787. The van der Waals surface area contributed by atoms with E-state index in [1.54, 1.807) is 4.90 Å². The molecule has 2 saturated heterocycles. The van der Waals surface area contributed by atoms with Crippen molar-refractivity contribution < 1.29 is 14.7 Å². The van der Waals surface area contributed by atoms with Crippen molar-refractivity contribution in [2.24, 2.45) is 11.3 Å². The maximum Gasteiger partial charge on any atom is 0.320 e. The van der Waals surface area contributed by atoms with Crippen LogP contribution in [0.25, 0.3) is 0 Å². The summed E-state index contributed by atoms with van der Waals surface area (Å²) >= 11 is 0. The smallest absolute Gasteiger partial charge is 0.320 e. The van der Waals surface area contributed by atoms with Crippen LogP contribution < -0.4 is 0 Å². The predicted molar refractivity (Wildman–Crippen MR) is 69.8 cm³/mol. The highest BCUT2D eigenvalue weighted by Crippen LogP contribution is 2.46. The molecule has 3 fully saturated rings. The third-order valence-corrected chi connectivity index (χ3v) is 5.26. The zero-order valence-electron chi connectivity index (χ0n) is 11.3. The molecular weight excluding hydrogens is 244 g/mol. The number of likely N-dealkylation sites (tertiary alicyclic amines) is 2. The van der Waals surface area contributed by atoms with E-state index in [0.29, 0.717) is 18.5 Å². The highest BCUT2D eigenvalue weighted by molar-refractivity contribution is 5.79. The van der Waals surface area contributed by atoms with Gasteiger partial charge >= 0.3 is 12.0 Å². The molecule has 1 N–H and O–H groups in total. The molecule has 106 valence electrons. The maximum atomic E-state index is 12.2. The first kappa shape index (κ1) is 12.8. The van der Waals surface area contributed by atoms with Crippen LogP contribution in [0.3, 0.4) is 0 Å². The summed E-state index contributed by atoms with van der Waals surface area (Å²) in [4.78, 5) is 26.5. The Kier molecular flexibility index (Phi) is 3.15. The Morgan fingerprint density at radius 2 is 1.53 bits per heavy atom. The molecule has 2 aliphatic heterocycles. The fourth-order valence-electron chi connectivity index (χ4n) is 3.79. The van der Waals surface area contributed by atoms with Gasteiger partial charge in [-0.3, -0.25) is 4.79 Å². The molecule has 3 aliphatic rings. The van der Waals surface area contributed by atoms with Gasteiger partial charge < -0.3 is 14.9 Å². The van der Waals surface area contributed by atoms with Gasteiger partial charge in [-0.2, -0.15) is 0 Å². The highest BCUT2D eigenvalue weighted by atomic mass is 16.4. The molecule has 5 heteroatoms. The lowest BCUT2D eigenvalue weighted by Crippen LogP contribution is -2.58. The summed E-state index contributed by atoms with van der Waals surface area (Å²) < 4.78 is 0. The summed E-state index contributed by atoms with van der Waals surface area (Å²) in [5.41, 5.74) is 0.523. The monoisotopic (exact) mass is 266 g/mol. The zero-order valence-corrected chi connectivity index (χ0v) is 11.3. The Labute approximate surface area is 113 Å². The van der Waals surface area contributed by atoms with Gasteiger partial charge in [0.25, 0.3) is 0 Å². The molecule has 5 nitrogen and oxygen atoms in total. The molecule has 0 unspecified atom stereocenters. The minimum atomic E-state index is -0.785. The summed E-state index contributed by atoms with van der Waals surface area (Å²) in [5, 5.41) is 8.83. The zero-order chi connectivity index (χ0) is 13.5. The van der Waals surface area contributed by atoms with Crippen molar-refractivity contribution in [1.29, 1.82) is 0 Å². The number of nitrogens with zero attached hydrogens (tertiary/aromatic N) is 2. The van der Waals surface area contributed by atoms with E-state index in [2.05, 4.69) is 0 Å². The van der Waals surface area contributed by atoms with E-state index in [0.717, 1.165) is 25.9 Å². The summed E-state index contributed by atoms with van der Waals surface area (Å²) in [7, 11) is 0. The van der Waals surface area contributed by atoms with Gasteiger partial charge in [-0.25, -0.2) is 4.79 Å². The minimum absolute atomic E-state index is 0.0466. The minimum Gasteiger partial charge on any atom is -0.481 e. The second-order valence-corrected chi connectivity index (χ2v) is 6.42. The van der Waals surface area contributed by atoms with Crippen LogP contribution >= 0.6 is 0 Å². The molecule has 2 amide bonds. The Morgan fingerprint density at radius 3 is 2.05 bits per heavy atom. The van der Waals surface area contributed by atoms with E-state index in [1.165, 1.54) is 25.7 Å².